The van der Waals surface area contributed by atoms with E-state index in [0.29, 0.717) is 10.0 Å². The summed E-state index contributed by atoms with van der Waals surface area (Å²) in [4.78, 5) is 21.7. The molecule has 8 N–H and O–H groups in total. The summed E-state index contributed by atoms with van der Waals surface area (Å²) in [5.74, 6) is 10.7. The van der Waals surface area contributed by atoms with Crippen LogP contribution in [0.4, 0.5) is 19.6 Å². The first-order chi connectivity index (χ1) is 7.88. The van der Waals surface area contributed by atoms with Gasteiger partial charge in [-0.05, 0) is 6.07 Å². The topological polar surface area (TPSA) is 168 Å². The quantitative estimate of drug-likeness (QED) is 0.305. The van der Waals surface area contributed by atoms with Crippen molar-refractivity contribution in [3.05, 3.63) is 11.6 Å². The van der Waals surface area contributed by atoms with Crippen molar-refractivity contribution in [2.45, 2.75) is 0 Å². The zero-order valence-electron chi connectivity index (χ0n) is 8.45. The maximum Gasteiger partial charge on any atom is 0.334 e. The van der Waals surface area contributed by atoms with Crippen LogP contribution in [0.1, 0.15) is 5.56 Å². The summed E-state index contributed by atoms with van der Waals surface area (Å²) >= 11 is 0.835. The van der Waals surface area contributed by atoms with Crippen molar-refractivity contribution in [3.8, 4) is 6.07 Å². The van der Waals surface area contributed by atoms with Gasteiger partial charge in [-0.1, -0.05) is 11.3 Å². The van der Waals surface area contributed by atoms with Gasteiger partial charge in [-0.15, -0.1) is 0 Å². The first kappa shape index (κ1) is 12.7. The standard InChI is InChI=1S/C7H9N7O2S/c8-2-3-1-4(13(11)6(9)15)17-5(3)14(12)7(10)16/h1H,11-12H2,(H2,9,15)(H2,10,16). The molecule has 0 unspecified atom stereocenters. The van der Waals surface area contributed by atoms with Crippen LogP contribution in [0, 0.1) is 11.3 Å². The third kappa shape index (κ3) is 2.42. The van der Waals surface area contributed by atoms with E-state index in [1.54, 1.807) is 6.07 Å². The Balaban J connectivity index is 3.21. The molecular weight excluding hydrogens is 246 g/mol. The van der Waals surface area contributed by atoms with E-state index in [9.17, 15) is 9.59 Å². The molecule has 1 rings (SSSR count). The molecule has 0 aromatic carbocycles. The van der Waals surface area contributed by atoms with Crippen LogP contribution in [-0.4, -0.2) is 12.1 Å². The van der Waals surface area contributed by atoms with Gasteiger partial charge in [0.15, 0.2) is 0 Å². The molecule has 0 spiro atoms. The lowest BCUT2D eigenvalue weighted by Gasteiger charge is -2.12. The Labute approximate surface area is 99.7 Å². The second-order valence-corrected chi connectivity index (χ2v) is 3.84. The zero-order valence-corrected chi connectivity index (χ0v) is 9.27. The minimum Gasteiger partial charge on any atom is -0.350 e. The lowest BCUT2D eigenvalue weighted by atomic mass is 10.3. The molecule has 17 heavy (non-hydrogen) atoms. The molecule has 10 heteroatoms. The number of nitrogens with two attached hydrogens (primary N) is 4. The van der Waals surface area contributed by atoms with Crippen LogP contribution >= 0.6 is 11.3 Å². The van der Waals surface area contributed by atoms with Crippen molar-refractivity contribution >= 4 is 33.4 Å². The fraction of sp³-hybridized carbons (Fsp3) is 0. The second-order valence-electron chi connectivity index (χ2n) is 2.83. The van der Waals surface area contributed by atoms with E-state index in [4.69, 9.17) is 28.4 Å². The number of nitrogens with zero attached hydrogens (tertiary/aromatic N) is 3. The fourth-order valence-corrected chi connectivity index (χ4v) is 1.92. The lowest BCUT2D eigenvalue weighted by molar-refractivity contribution is 0.253. The monoisotopic (exact) mass is 255 g/mol. The number of thiophene rings is 1. The first-order valence-electron chi connectivity index (χ1n) is 4.11. The summed E-state index contributed by atoms with van der Waals surface area (Å²) in [6, 6.07) is 1.20. The third-order valence-corrected chi connectivity index (χ3v) is 2.88. The fourth-order valence-electron chi connectivity index (χ4n) is 0.955. The van der Waals surface area contributed by atoms with Crippen molar-refractivity contribution in [1.82, 2.24) is 0 Å². The normalized spacial score (nSPS) is 9.47. The largest absolute Gasteiger partial charge is 0.350 e. The maximum atomic E-state index is 10.9. The molecule has 0 radical (unpaired) electrons. The highest BCUT2D eigenvalue weighted by Gasteiger charge is 2.20. The van der Waals surface area contributed by atoms with Gasteiger partial charge in [0, 0.05) is 0 Å². The van der Waals surface area contributed by atoms with Crippen molar-refractivity contribution < 1.29 is 9.59 Å². The van der Waals surface area contributed by atoms with Crippen LogP contribution in [0.2, 0.25) is 0 Å². The molecule has 1 aromatic heterocycles. The number of urea groups is 2. The van der Waals surface area contributed by atoms with Gasteiger partial charge < -0.3 is 11.5 Å². The number of carbonyl (C=O) groups is 2. The predicted octanol–water partition coefficient (Wildman–Crippen LogP) is -0.863. The Morgan fingerprint density at radius 2 is 1.76 bits per heavy atom. The molecule has 0 bridgehead atoms. The molecule has 0 saturated carbocycles. The lowest BCUT2D eigenvalue weighted by Crippen LogP contribution is -2.41. The molecule has 1 aromatic rings. The predicted molar refractivity (Wildman–Crippen MR) is 61.5 cm³/mol. The van der Waals surface area contributed by atoms with E-state index < -0.39 is 12.1 Å². The number of primary amides is 2. The van der Waals surface area contributed by atoms with Crippen molar-refractivity contribution in [2.24, 2.45) is 23.2 Å². The number of hydrogen-bond donors (Lipinski definition) is 4. The molecule has 0 fully saturated rings. The van der Waals surface area contributed by atoms with Gasteiger partial charge in [-0.3, -0.25) is 0 Å². The van der Waals surface area contributed by atoms with Gasteiger partial charge >= 0.3 is 12.1 Å². The Hall–Kier alpha value is -2.35. The zero-order chi connectivity index (χ0) is 13.2. The molecule has 9 nitrogen and oxygen atoms in total. The summed E-state index contributed by atoms with van der Waals surface area (Å²) in [6.07, 6.45) is 0. The van der Waals surface area contributed by atoms with E-state index >= 15 is 0 Å². The minimum atomic E-state index is -0.947. The van der Waals surface area contributed by atoms with Crippen LogP contribution in [0.3, 0.4) is 0 Å². The van der Waals surface area contributed by atoms with Crippen molar-refractivity contribution in [2.75, 3.05) is 10.0 Å². The van der Waals surface area contributed by atoms with Gasteiger partial charge in [-0.25, -0.2) is 31.3 Å². The van der Waals surface area contributed by atoms with Crippen LogP contribution in [0.25, 0.3) is 0 Å². The highest BCUT2D eigenvalue weighted by molar-refractivity contribution is 7.20. The van der Waals surface area contributed by atoms with E-state index in [0.717, 1.165) is 11.3 Å². The van der Waals surface area contributed by atoms with Gasteiger partial charge in [0.25, 0.3) is 0 Å². The summed E-state index contributed by atoms with van der Waals surface area (Å²) < 4.78 is 0. The molecule has 0 aliphatic rings. The Kier molecular flexibility index (Phi) is 3.49. The minimum absolute atomic E-state index is 0.0583. The smallest absolute Gasteiger partial charge is 0.334 e. The molecular formula is C7H9N7O2S. The Bertz CT molecular complexity index is 505. The molecule has 0 saturated heterocycles. The van der Waals surface area contributed by atoms with Crippen LogP contribution in [0.5, 0.6) is 0 Å². The van der Waals surface area contributed by atoms with Crippen molar-refractivity contribution in [1.29, 1.82) is 5.26 Å². The summed E-state index contributed by atoms with van der Waals surface area (Å²) in [5, 5.41) is 10.3. The van der Waals surface area contributed by atoms with E-state index in [2.05, 4.69) is 0 Å². The van der Waals surface area contributed by atoms with Crippen LogP contribution in [-0.2, 0) is 0 Å². The summed E-state index contributed by atoms with van der Waals surface area (Å²) in [6.45, 7) is 0. The van der Waals surface area contributed by atoms with E-state index in [1.165, 1.54) is 6.07 Å². The average molecular weight is 255 g/mol. The third-order valence-electron chi connectivity index (χ3n) is 1.75. The van der Waals surface area contributed by atoms with Gasteiger partial charge in [0.05, 0.1) is 5.56 Å². The maximum absolute atomic E-state index is 10.9. The van der Waals surface area contributed by atoms with Gasteiger partial charge in [0.1, 0.15) is 16.1 Å². The highest BCUT2D eigenvalue weighted by Crippen LogP contribution is 2.34. The number of hydrogen-bond acceptors (Lipinski definition) is 6. The molecule has 1 heterocycles. The van der Waals surface area contributed by atoms with Crippen LogP contribution < -0.4 is 33.2 Å². The summed E-state index contributed by atoms with van der Waals surface area (Å²) in [5.41, 5.74) is 9.97. The number of hydrazine groups is 2. The molecule has 90 valence electrons. The highest BCUT2D eigenvalue weighted by atomic mass is 32.1. The SMILES string of the molecule is N#Cc1cc(N(N)C(N)=O)sc1N(N)C(N)=O. The second kappa shape index (κ2) is 4.66. The number of anilines is 2. The number of carbonyl (C=O) groups excluding carboxylic acids is 2. The number of amides is 4. The molecule has 4 amide bonds. The summed E-state index contributed by atoms with van der Waals surface area (Å²) in [7, 11) is 0. The molecule has 0 atom stereocenters. The first-order valence-corrected chi connectivity index (χ1v) is 4.92. The molecule has 0 aliphatic carbocycles. The Morgan fingerprint density at radius 3 is 2.18 bits per heavy atom. The Morgan fingerprint density at radius 1 is 1.24 bits per heavy atom. The van der Waals surface area contributed by atoms with Crippen LogP contribution in [0.15, 0.2) is 6.07 Å². The average Bonchev–Trinajstić information content (AvgIpc) is 2.70. The number of nitriles is 1. The van der Waals surface area contributed by atoms with Gasteiger partial charge in [0.2, 0.25) is 0 Å². The van der Waals surface area contributed by atoms with Crippen molar-refractivity contribution in [3.63, 3.8) is 0 Å². The van der Waals surface area contributed by atoms with Gasteiger partial charge in [-0.2, -0.15) is 5.26 Å². The number of rotatable bonds is 2. The van der Waals surface area contributed by atoms with E-state index in [-0.39, 0.29) is 15.6 Å². The van der Waals surface area contributed by atoms with E-state index in [1.807, 2.05) is 0 Å². The molecule has 0 aliphatic heterocycles.